The highest BCUT2D eigenvalue weighted by Crippen LogP contribution is 2.34. The molecule has 0 aliphatic carbocycles. The molecule has 0 saturated carbocycles. The van der Waals surface area contributed by atoms with Crippen LogP contribution in [0.2, 0.25) is 0 Å². The summed E-state index contributed by atoms with van der Waals surface area (Å²) in [4.78, 5) is 11.7. The van der Waals surface area contributed by atoms with Crippen molar-refractivity contribution in [2.45, 2.75) is 63.8 Å². The molecule has 3 saturated heterocycles. The molecule has 2 N–H and O–H groups in total. The summed E-state index contributed by atoms with van der Waals surface area (Å²) in [6.07, 6.45) is 8.74. The predicted molar refractivity (Wildman–Crippen MR) is 99.9 cm³/mol. The maximum atomic E-state index is 5.94. The second kappa shape index (κ2) is 7.60. The van der Waals surface area contributed by atoms with Crippen LogP contribution in [-0.2, 0) is 11.3 Å². The highest BCUT2D eigenvalue weighted by atomic mass is 16.5. The number of hydrogen-bond acceptors (Lipinski definition) is 4. The van der Waals surface area contributed by atoms with Crippen molar-refractivity contribution in [1.29, 1.82) is 0 Å². The summed E-state index contributed by atoms with van der Waals surface area (Å²) in [5.74, 6) is 1.98. The van der Waals surface area contributed by atoms with E-state index in [2.05, 4.69) is 39.6 Å². The molecule has 4 rings (SSSR count). The van der Waals surface area contributed by atoms with E-state index in [0.717, 1.165) is 37.8 Å². The van der Waals surface area contributed by atoms with E-state index in [1.165, 1.54) is 31.2 Å². The molecule has 0 aromatic carbocycles. The van der Waals surface area contributed by atoms with E-state index in [0.29, 0.717) is 24.8 Å². The van der Waals surface area contributed by atoms with E-state index < -0.39 is 0 Å². The van der Waals surface area contributed by atoms with Gasteiger partial charge in [0, 0.05) is 25.8 Å². The zero-order valence-corrected chi connectivity index (χ0v) is 15.1. The van der Waals surface area contributed by atoms with Gasteiger partial charge in [-0.2, -0.15) is 0 Å². The Morgan fingerprint density at radius 3 is 2.96 bits per heavy atom. The molecule has 3 atom stereocenters. The summed E-state index contributed by atoms with van der Waals surface area (Å²) in [7, 11) is 0. The van der Waals surface area contributed by atoms with E-state index in [-0.39, 0.29) is 0 Å². The van der Waals surface area contributed by atoms with Crippen LogP contribution in [0.1, 0.15) is 44.6 Å². The van der Waals surface area contributed by atoms with Crippen molar-refractivity contribution in [3.05, 3.63) is 23.9 Å². The maximum Gasteiger partial charge on any atom is 0.191 e. The second-order valence-corrected chi connectivity index (χ2v) is 7.27. The van der Waals surface area contributed by atoms with Gasteiger partial charge in [-0.25, -0.2) is 9.98 Å². The number of rotatable bonds is 5. The van der Waals surface area contributed by atoms with E-state index in [4.69, 9.17) is 9.73 Å². The fourth-order valence-corrected chi connectivity index (χ4v) is 4.13. The second-order valence-electron chi connectivity index (χ2n) is 7.27. The Bertz CT molecular complexity index is 614. The van der Waals surface area contributed by atoms with Crippen LogP contribution in [0.15, 0.2) is 23.3 Å². The van der Waals surface area contributed by atoms with Crippen LogP contribution in [-0.4, -0.2) is 48.8 Å². The molecule has 1 aromatic heterocycles. The van der Waals surface area contributed by atoms with Crippen molar-refractivity contribution in [3.63, 3.8) is 0 Å². The number of anilines is 1. The average Bonchev–Trinajstić information content (AvgIpc) is 3.38. The molecule has 25 heavy (non-hydrogen) atoms. The molecule has 3 unspecified atom stereocenters. The number of guanidine groups is 1. The highest BCUT2D eigenvalue weighted by molar-refractivity contribution is 5.80. The minimum Gasteiger partial charge on any atom is -0.373 e. The number of aromatic nitrogens is 1. The third-order valence-electron chi connectivity index (χ3n) is 5.43. The van der Waals surface area contributed by atoms with Crippen LogP contribution in [0, 0.1) is 0 Å². The van der Waals surface area contributed by atoms with Gasteiger partial charge in [0.1, 0.15) is 5.82 Å². The molecule has 0 radical (unpaired) electrons. The Hall–Kier alpha value is -1.82. The third-order valence-corrected chi connectivity index (χ3v) is 5.43. The van der Waals surface area contributed by atoms with Crippen LogP contribution >= 0.6 is 0 Å². The Morgan fingerprint density at radius 1 is 1.36 bits per heavy atom. The van der Waals surface area contributed by atoms with Gasteiger partial charge in [-0.1, -0.05) is 0 Å². The van der Waals surface area contributed by atoms with Crippen LogP contribution < -0.4 is 15.5 Å². The summed E-state index contributed by atoms with van der Waals surface area (Å²) >= 11 is 0. The molecule has 3 fully saturated rings. The molecule has 1 aromatic rings. The fourth-order valence-electron chi connectivity index (χ4n) is 4.13. The molecule has 6 nitrogen and oxygen atoms in total. The Kier molecular flexibility index (Phi) is 5.06. The molecule has 0 amide bonds. The van der Waals surface area contributed by atoms with E-state index in [1.807, 2.05) is 6.20 Å². The van der Waals surface area contributed by atoms with Gasteiger partial charge >= 0.3 is 0 Å². The molecule has 2 bridgehead atoms. The predicted octanol–water partition coefficient (Wildman–Crippen LogP) is 2.06. The van der Waals surface area contributed by atoms with Crippen LogP contribution in [0.25, 0.3) is 0 Å². The topological polar surface area (TPSA) is 61.8 Å². The van der Waals surface area contributed by atoms with Crippen molar-refractivity contribution >= 4 is 11.8 Å². The number of aliphatic imine (C=N–C) groups is 1. The normalized spacial score (nSPS) is 28.6. The van der Waals surface area contributed by atoms with Crippen LogP contribution in [0.5, 0.6) is 0 Å². The van der Waals surface area contributed by atoms with Gasteiger partial charge in [0.05, 0.1) is 24.8 Å². The first kappa shape index (κ1) is 16.6. The van der Waals surface area contributed by atoms with Crippen molar-refractivity contribution in [2.24, 2.45) is 4.99 Å². The summed E-state index contributed by atoms with van der Waals surface area (Å²) in [6.45, 7) is 5.87. The minimum atomic E-state index is 0.358. The van der Waals surface area contributed by atoms with E-state index >= 15 is 0 Å². The number of fused-ring (bicyclic) bond motifs is 2. The van der Waals surface area contributed by atoms with Crippen molar-refractivity contribution in [1.82, 2.24) is 15.6 Å². The largest absolute Gasteiger partial charge is 0.373 e. The molecular weight excluding hydrogens is 314 g/mol. The molecule has 136 valence electrons. The number of ether oxygens (including phenoxy) is 1. The lowest BCUT2D eigenvalue weighted by Gasteiger charge is -2.22. The standard InChI is InChI=1S/C19H29N5O/c1-2-20-19(23-16-12-15-5-6-17(16)25-15)22-13-14-7-8-21-18(11-14)24-9-3-4-10-24/h7-8,11,15-17H,2-6,9-10,12-13H2,1H3,(H2,20,22,23). The van der Waals surface area contributed by atoms with Gasteiger partial charge in [0.25, 0.3) is 0 Å². The monoisotopic (exact) mass is 343 g/mol. The SMILES string of the molecule is CCNC(=NCc1ccnc(N2CCCC2)c1)NC1CC2CCC1O2. The molecule has 3 aliphatic heterocycles. The Morgan fingerprint density at radius 2 is 2.24 bits per heavy atom. The summed E-state index contributed by atoms with van der Waals surface area (Å²) in [5, 5.41) is 6.94. The Labute approximate surface area is 150 Å². The first-order chi connectivity index (χ1) is 12.3. The Balaban J connectivity index is 1.40. The van der Waals surface area contributed by atoms with Crippen LogP contribution in [0.4, 0.5) is 5.82 Å². The average molecular weight is 343 g/mol. The van der Waals surface area contributed by atoms with Gasteiger partial charge in [0.2, 0.25) is 0 Å². The summed E-state index contributed by atoms with van der Waals surface area (Å²) in [5.41, 5.74) is 1.21. The van der Waals surface area contributed by atoms with Crippen molar-refractivity contribution in [3.8, 4) is 0 Å². The number of hydrogen-bond donors (Lipinski definition) is 2. The minimum absolute atomic E-state index is 0.358. The molecule has 4 heterocycles. The lowest BCUT2D eigenvalue weighted by molar-refractivity contribution is 0.0992. The van der Waals surface area contributed by atoms with Gasteiger partial charge < -0.3 is 20.3 Å². The molecular formula is C19H29N5O. The number of nitrogens with zero attached hydrogens (tertiary/aromatic N) is 3. The van der Waals surface area contributed by atoms with Crippen molar-refractivity contribution in [2.75, 3.05) is 24.5 Å². The van der Waals surface area contributed by atoms with E-state index in [1.54, 1.807) is 0 Å². The molecule has 6 heteroatoms. The van der Waals surface area contributed by atoms with E-state index in [9.17, 15) is 0 Å². The smallest absolute Gasteiger partial charge is 0.191 e. The highest BCUT2D eigenvalue weighted by Gasteiger charge is 2.41. The number of nitrogens with one attached hydrogen (secondary N) is 2. The quantitative estimate of drug-likeness (QED) is 0.633. The lowest BCUT2D eigenvalue weighted by Crippen LogP contribution is -2.47. The lowest BCUT2D eigenvalue weighted by atomic mass is 9.96. The van der Waals surface area contributed by atoms with Gasteiger partial charge in [0.15, 0.2) is 5.96 Å². The zero-order chi connectivity index (χ0) is 17.1. The zero-order valence-electron chi connectivity index (χ0n) is 15.1. The molecule has 0 spiro atoms. The van der Waals surface area contributed by atoms with Gasteiger partial charge in [-0.15, -0.1) is 0 Å². The van der Waals surface area contributed by atoms with Gasteiger partial charge in [-0.05, 0) is 56.7 Å². The first-order valence-electron chi connectivity index (χ1n) is 9.72. The maximum absolute atomic E-state index is 5.94. The fraction of sp³-hybridized carbons (Fsp3) is 0.684. The first-order valence-corrected chi connectivity index (χ1v) is 9.72. The van der Waals surface area contributed by atoms with Crippen molar-refractivity contribution < 1.29 is 4.74 Å². The third kappa shape index (κ3) is 3.89. The number of pyridine rings is 1. The summed E-state index contributed by atoms with van der Waals surface area (Å²) < 4.78 is 5.94. The molecule has 3 aliphatic rings. The summed E-state index contributed by atoms with van der Waals surface area (Å²) in [6, 6.07) is 4.64. The van der Waals surface area contributed by atoms with Crippen LogP contribution in [0.3, 0.4) is 0 Å². The van der Waals surface area contributed by atoms with Gasteiger partial charge in [-0.3, -0.25) is 0 Å².